The van der Waals surface area contributed by atoms with Crippen LogP contribution < -0.4 is 4.72 Å². The molecule has 0 rings (SSSR count). The van der Waals surface area contributed by atoms with Gasteiger partial charge in [-0.25, -0.2) is 4.72 Å². The summed E-state index contributed by atoms with van der Waals surface area (Å²) < 4.78 is 21.7. The molecule has 0 heterocycles. The van der Waals surface area contributed by atoms with Gasteiger partial charge in [0, 0.05) is 10.7 Å². The second kappa shape index (κ2) is 3.68. The van der Waals surface area contributed by atoms with Crippen LogP contribution in [-0.2, 0) is 18.8 Å². The molecule has 7 heteroatoms. The van der Waals surface area contributed by atoms with Gasteiger partial charge in [-0.2, -0.15) is 8.42 Å². The van der Waals surface area contributed by atoms with Crippen molar-refractivity contribution in [2.24, 2.45) is 0 Å². The van der Waals surface area contributed by atoms with E-state index in [9.17, 15) is 18.0 Å². The van der Waals surface area contributed by atoms with Crippen molar-refractivity contribution in [3.63, 3.8) is 0 Å². The van der Waals surface area contributed by atoms with Gasteiger partial charge >= 0.3 is 9.24 Å². The first-order valence-electron chi connectivity index (χ1n) is 2.56. The molecule has 5 nitrogen and oxygen atoms in total. The van der Waals surface area contributed by atoms with Crippen LogP contribution in [0.3, 0.4) is 0 Å². The molecule has 0 spiro atoms. The van der Waals surface area contributed by atoms with E-state index in [1.54, 1.807) is 0 Å². The van der Waals surface area contributed by atoms with E-state index >= 15 is 0 Å². The third-order valence-electron chi connectivity index (χ3n) is 0.645. The molecule has 64 valence electrons. The van der Waals surface area contributed by atoms with E-state index in [0.717, 1.165) is 0 Å². The highest BCUT2D eigenvalue weighted by Crippen LogP contribution is 1.91. The van der Waals surface area contributed by atoms with E-state index in [4.69, 9.17) is 0 Å². The molecule has 0 aromatic carbocycles. The summed E-state index contributed by atoms with van der Waals surface area (Å²) in [6, 6.07) is 0. The predicted molar refractivity (Wildman–Crippen MR) is 38.2 cm³/mol. The van der Waals surface area contributed by atoms with E-state index in [0.29, 0.717) is 0 Å². The lowest BCUT2D eigenvalue weighted by molar-refractivity contribution is -0.125. The highest BCUT2D eigenvalue weighted by molar-refractivity contribution is 8.12. The number of ketones is 1. The van der Waals surface area contributed by atoms with Crippen LogP contribution >= 0.6 is 10.7 Å². The molecule has 0 unspecified atom stereocenters. The third-order valence-corrected chi connectivity index (χ3v) is 1.35. The maximum atomic E-state index is 10.5. The van der Waals surface area contributed by atoms with Gasteiger partial charge in [-0.3, -0.25) is 9.59 Å². The zero-order valence-electron chi connectivity index (χ0n) is 5.63. The Morgan fingerprint density at radius 2 is 1.91 bits per heavy atom. The Morgan fingerprint density at radius 1 is 1.45 bits per heavy atom. The second-order valence-electron chi connectivity index (χ2n) is 1.84. The Kier molecular flexibility index (Phi) is 3.47. The SMILES string of the molecule is CC(=O)CC(=O)NS(=O)(=O)Cl. The highest BCUT2D eigenvalue weighted by Gasteiger charge is 2.11. The first-order chi connectivity index (χ1) is 4.81. The average Bonchev–Trinajstić information content (AvgIpc) is 1.53. The number of carbonyl (C=O) groups is 2. The number of hydrogen-bond acceptors (Lipinski definition) is 4. The van der Waals surface area contributed by atoms with Crippen molar-refractivity contribution in [1.29, 1.82) is 0 Å². The molecular formula is C4H6ClNO4S. The molecule has 11 heavy (non-hydrogen) atoms. The summed E-state index contributed by atoms with van der Waals surface area (Å²) in [6.07, 6.45) is -0.480. The predicted octanol–water partition coefficient (Wildman–Crippen LogP) is -0.435. The van der Waals surface area contributed by atoms with Crippen LogP contribution in [0.1, 0.15) is 13.3 Å². The highest BCUT2D eigenvalue weighted by atomic mass is 35.7. The summed E-state index contributed by atoms with van der Waals surface area (Å²) in [7, 11) is 0.592. The van der Waals surface area contributed by atoms with Crippen molar-refractivity contribution in [2.75, 3.05) is 0 Å². The van der Waals surface area contributed by atoms with Gasteiger partial charge in [0.15, 0.2) is 0 Å². The van der Waals surface area contributed by atoms with Gasteiger partial charge in [-0.15, -0.1) is 0 Å². The lowest BCUT2D eigenvalue weighted by Gasteiger charge is -1.96. The number of carbonyl (C=O) groups excluding carboxylic acids is 2. The molecule has 1 amide bonds. The zero-order valence-corrected chi connectivity index (χ0v) is 7.20. The molecule has 0 aliphatic rings. The van der Waals surface area contributed by atoms with E-state index in [2.05, 4.69) is 10.7 Å². The maximum absolute atomic E-state index is 10.5. The molecule has 0 fully saturated rings. The molecule has 1 N–H and O–H groups in total. The number of Topliss-reactive ketones (excluding diaryl/α,β-unsaturated/α-hetero) is 1. The van der Waals surface area contributed by atoms with E-state index in [1.165, 1.54) is 11.6 Å². The lowest BCUT2D eigenvalue weighted by Crippen LogP contribution is -2.27. The van der Waals surface area contributed by atoms with Crippen molar-refractivity contribution in [3.8, 4) is 0 Å². The van der Waals surface area contributed by atoms with E-state index in [-0.39, 0.29) is 0 Å². The minimum atomic E-state index is -4.05. The lowest BCUT2D eigenvalue weighted by atomic mass is 10.3. The Bertz CT molecular complexity index is 270. The fourth-order valence-corrected chi connectivity index (χ4v) is 1.00. The number of hydrogen-bond donors (Lipinski definition) is 1. The summed E-state index contributed by atoms with van der Waals surface area (Å²) in [5, 5.41) is 0. The fourth-order valence-electron chi connectivity index (χ4n) is 0.398. The molecule has 0 aromatic rings. The summed E-state index contributed by atoms with van der Waals surface area (Å²) >= 11 is 0. The monoisotopic (exact) mass is 199 g/mol. The first-order valence-corrected chi connectivity index (χ1v) is 4.87. The minimum Gasteiger partial charge on any atom is -0.299 e. The smallest absolute Gasteiger partial charge is 0.299 e. The van der Waals surface area contributed by atoms with Gasteiger partial charge in [0.05, 0.1) is 6.42 Å². The number of rotatable bonds is 3. The zero-order chi connectivity index (χ0) is 9.07. The van der Waals surface area contributed by atoms with Crippen molar-refractivity contribution in [1.82, 2.24) is 4.72 Å². The van der Waals surface area contributed by atoms with Crippen LogP contribution in [0.5, 0.6) is 0 Å². The largest absolute Gasteiger partial charge is 0.321 e. The minimum absolute atomic E-state index is 0.428. The van der Waals surface area contributed by atoms with Crippen LogP contribution in [0.2, 0.25) is 0 Å². The van der Waals surface area contributed by atoms with Gasteiger partial charge in [-0.1, -0.05) is 0 Å². The van der Waals surface area contributed by atoms with Crippen molar-refractivity contribution >= 4 is 31.6 Å². The van der Waals surface area contributed by atoms with Crippen LogP contribution in [0.4, 0.5) is 0 Å². The Balaban J connectivity index is 4.01. The van der Waals surface area contributed by atoms with E-state index < -0.39 is 27.3 Å². The van der Waals surface area contributed by atoms with Crippen molar-refractivity contribution in [2.45, 2.75) is 13.3 Å². The van der Waals surface area contributed by atoms with Gasteiger partial charge in [0.25, 0.3) is 0 Å². The topological polar surface area (TPSA) is 80.3 Å². The molecule has 0 bridgehead atoms. The molecule has 0 saturated heterocycles. The maximum Gasteiger partial charge on any atom is 0.321 e. The molecule has 0 aliphatic heterocycles. The van der Waals surface area contributed by atoms with Gasteiger partial charge < -0.3 is 0 Å². The Labute approximate surface area is 68.3 Å². The molecule has 0 aromatic heterocycles. The van der Waals surface area contributed by atoms with Crippen molar-refractivity contribution < 1.29 is 18.0 Å². The molecule has 0 radical (unpaired) electrons. The van der Waals surface area contributed by atoms with Crippen LogP contribution in [-0.4, -0.2) is 20.1 Å². The standard InChI is InChI=1S/C4H6ClNO4S/c1-3(7)2-4(8)6-11(5,9)10/h2H2,1H3,(H,6,8). The summed E-state index contributed by atoms with van der Waals surface area (Å²) in [6.45, 7) is 1.17. The molecule has 0 atom stereocenters. The van der Waals surface area contributed by atoms with E-state index in [1.807, 2.05) is 0 Å². The summed E-state index contributed by atoms with van der Waals surface area (Å²) in [5.41, 5.74) is 0. The summed E-state index contributed by atoms with van der Waals surface area (Å²) in [4.78, 5) is 20.7. The van der Waals surface area contributed by atoms with Gasteiger partial charge in [0.2, 0.25) is 5.91 Å². The fraction of sp³-hybridized carbons (Fsp3) is 0.500. The number of nitrogens with one attached hydrogen (secondary N) is 1. The van der Waals surface area contributed by atoms with Crippen molar-refractivity contribution in [3.05, 3.63) is 0 Å². The van der Waals surface area contributed by atoms with Crippen LogP contribution in [0.15, 0.2) is 0 Å². The van der Waals surface area contributed by atoms with Gasteiger partial charge in [0.1, 0.15) is 5.78 Å². The first kappa shape index (κ1) is 10.4. The number of halogens is 1. The normalized spacial score (nSPS) is 10.7. The quantitative estimate of drug-likeness (QED) is 0.494. The Hall–Kier alpha value is -0.620. The third kappa shape index (κ3) is 7.27. The molecule has 0 saturated carbocycles. The van der Waals surface area contributed by atoms with Gasteiger partial charge in [-0.05, 0) is 6.92 Å². The summed E-state index contributed by atoms with van der Waals surface area (Å²) in [5.74, 6) is -1.35. The molecule has 0 aliphatic carbocycles. The van der Waals surface area contributed by atoms with Crippen LogP contribution in [0, 0.1) is 0 Å². The Morgan fingerprint density at radius 3 is 2.18 bits per heavy atom. The second-order valence-corrected chi connectivity index (χ2v) is 4.14. The average molecular weight is 200 g/mol. The van der Waals surface area contributed by atoms with Crippen LogP contribution in [0.25, 0.3) is 0 Å². The molecular weight excluding hydrogens is 194 g/mol. The number of amides is 1.